The van der Waals surface area contributed by atoms with Gasteiger partial charge in [0.1, 0.15) is 5.69 Å². The molecule has 0 saturated carbocycles. The van der Waals surface area contributed by atoms with Gasteiger partial charge >= 0.3 is 0 Å². The molecule has 0 aliphatic carbocycles. The van der Waals surface area contributed by atoms with Crippen molar-refractivity contribution in [2.45, 2.75) is 19.8 Å². The molecule has 1 heterocycles. The number of primary amides is 1. The fraction of sp³-hybridized carbons (Fsp3) is 0.136. The van der Waals surface area contributed by atoms with Crippen molar-refractivity contribution in [3.63, 3.8) is 0 Å². The first kappa shape index (κ1) is 19.1. The van der Waals surface area contributed by atoms with Gasteiger partial charge in [0.2, 0.25) is 5.91 Å². The van der Waals surface area contributed by atoms with Crippen molar-refractivity contribution in [3.8, 4) is 5.69 Å². The van der Waals surface area contributed by atoms with Gasteiger partial charge in [-0.1, -0.05) is 38.1 Å². The summed E-state index contributed by atoms with van der Waals surface area (Å²) in [6.45, 7) is 4.29. The molecule has 6 nitrogen and oxygen atoms in total. The summed E-state index contributed by atoms with van der Waals surface area (Å²) in [6, 6.07) is 16.8. The monoisotopic (exact) mass is 374 g/mol. The number of carbonyl (C=O) groups excluding carboxylic acids is 2. The highest BCUT2D eigenvalue weighted by molar-refractivity contribution is 6.01. The molecule has 0 atom stereocenters. The number of hydrogen-bond donors (Lipinski definition) is 2. The van der Waals surface area contributed by atoms with Crippen LogP contribution in [0.4, 0.5) is 5.69 Å². The van der Waals surface area contributed by atoms with Gasteiger partial charge in [0.15, 0.2) is 0 Å². The van der Waals surface area contributed by atoms with Crippen LogP contribution in [-0.2, 0) is 4.79 Å². The zero-order valence-corrected chi connectivity index (χ0v) is 15.8. The molecule has 142 valence electrons. The maximum absolute atomic E-state index is 12.1. The van der Waals surface area contributed by atoms with E-state index in [1.54, 1.807) is 47.3 Å². The van der Waals surface area contributed by atoms with Crippen molar-refractivity contribution < 1.29 is 9.59 Å². The first-order chi connectivity index (χ1) is 13.4. The Balaban J connectivity index is 1.61. The van der Waals surface area contributed by atoms with E-state index in [9.17, 15) is 9.59 Å². The number of amides is 2. The van der Waals surface area contributed by atoms with Crippen molar-refractivity contribution in [1.29, 1.82) is 0 Å². The average Bonchev–Trinajstić information content (AvgIpc) is 3.18. The number of rotatable bonds is 6. The lowest BCUT2D eigenvalue weighted by Crippen LogP contribution is -2.12. The van der Waals surface area contributed by atoms with E-state index in [0.29, 0.717) is 11.6 Å². The van der Waals surface area contributed by atoms with Gasteiger partial charge in [0.05, 0.1) is 5.69 Å². The Morgan fingerprint density at radius 3 is 2.29 bits per heavy atom. The van der Waals surface area contributed by atoms with Crippen molar-refractivity contribution in [3.05, 3.63) is 83.7 Å². The van der Waals surface area contributed by atoms with Crippen molar-refractivity contribution in [1.82, 2.24) is 9.78 Å². The van der Waals surface area contributed by atoms with Crippen LogP contribution >= 0.6 is 0 Å². The Labute approximate surface area is 163 Å². The summed E-state index contributed by atoms with van der Waals surface area (Å²) >= 11 is 0. The Hall–Kier alpha value is -3.67. The number of aromatic nitrogens is 2. The molecule has 0 fully saturated rings. The molecule has 3 aromatic rings. The summed E-state index contributed by atoms with van der Waals surface area (Å²) in [7, 11) is 0. The third kappa shape index (κ3) is 4.73. The predicted octanol–water partition coefficient (Wildman–Crippen LogP) is 3.75. The van der Waals surface area contributed by atoms with E-state index in [1.165, 1.54) is 11.6 Å². The smallest absolute Gasteiger partial charge is 0.269 e. The van der Waals surface area contributed by atoms with Crippen LogP contribution in [0.25, 0.3) is 11.8 Å². The van der Waals surface area contributed by atoms with Crippen molar-refractivity contribution in [2.24, 2.45) is 5.73 Å². The summed E-state index contributed by atoms with van der Waals surface area (Å²) in [5, 5.41) is 6.91. The van der Waals surface area contributed by atoms with E-state index in [1.807, 2.05) is 12.1 Å². The standard InChI is InChI=1S/C22H22N4O2/c1-15(2)17-6-3-16(4-7-17)5-12-21(27)24-18-8-10-19(11-9-18)26-14-13-20(25-26)22(23)28/h3-15H,1-2H3,(H2,23,28)(H,24,27)/b12-5+. The summed E-state index contributed by atoms with van der Waals surface area (Å²) in [5.74, 6) is -0.308. The molecule has 3 rings (SSSR count). The Kier molecular flexibility index (Phi) is 5.69. The SMILES string of the molecule is CC(C)c1ccc(/C=C/C(=O)Nc2ccc(-n3ccc(C(N)=O)n3)cc2)cc1. The minimum atomic E-state index is -0.576. The third-order valence-corrected chi connectivity index (χ3v) is 4.27. The zero-order chi connectivity index (χ0) is 20.1. The highest BCUT2D eigenvalue weighted by atomic mass is 16.1. The van der Waals surface area contributed by atoms with E-state index >= 15 is 0 Å². The van der Waals surface area contributed by atoms with Crippen LogP contribution in [0.3, 0.4) is 0 Å². The van der Waals surface area contributed by atoms with E-state index in [4.69, 9.17) is 5.73 Å². The molecular weight excluding hydrogens is 352 g/mol. The van der Waals surface area contributed by atoms with Gasteiger partial charge in [0.25, 0.3) is 5.91 Å². The number of benzene rings is 2. The number of nitrogens with two attached hydrogens (primary N) is 1. The molecule has 3 N–H and O–H groups in total. The molecule has 6 heteroatoms. The van der Waals surface area contributed by atoms with E-state index < -0.39 is 5.91 Å². The molecule has 1 aromatic heterocycles. The van der Waals surface area contributed by atoms with Gasteiger partial charge in [-0.2, -0.15) is 5.10 Å². The first-order valence-electron chi connectivity index (χ1n) is 8.97. The second-order valence-electron chi connectivity index (χ2n) is 6.70. The Morgan fingerprint density at radius 2 is 1.71 bits per heavy atom. The van der Waals surface area contributed by atoms with Crippen molar-refractivity contribution in [2.75, 3.05) is 5.32 Å². The van der Waals surface area contributed by atoms with Gasteiger partial charge in [-0.05, 0) is 53.5 Å². The fourth-order valence-electron chi connectivity index (χ4n) is 2.64. The molecule has 2 amide bonds. The summed E-state index contributed by atoms with van der Waals surface area (Å²) in [6.07, 6.45) is 4.94. The van der Waals surface area contributed by atoms with Gasteiger partial charge in [-0.25, -0.2) is 4.68 Å². The Morgan fingerprint density at radius 1 is 1.04 bits per heavy atom. The minimum absolute atomic E-state index is 0.198. The molecule has 0 aliphatic rings. The number of nitrogens with zero attached hydrogens (tertiary/aromatic N) is 2. The normalized spacial score (nSPS) is 11.1. The van der Waals surface area contributed by atoms with Crippen LogP contribution in [0, 0.1) is 0 Å². The largest absolute Gasteiger partial charge is 0.364 e. The molecule has 0 unspecified atom stereocenters. The van der Waals surface area contributed by atoms with Gasteiger partial charge in [-0.3, -0.25) is 9.59 Å². The van der Waals surface area contributed by atoms with Gasteiger partial charge < -0.3 is 11.1 Å². The molecule has 0 saturated heterocycles. The van der Waals surface area contributed by atoms with Crippen LogP contribution < -0.4 is 11.1 Å². The molecule has 28 heavy (non-hydrogen) atoms. The quantitative estimate of drug-likeness (QED) is 0.644. The van der Waals surface area contributed by atoms with Crippen LogP contribution in [0.2, 0.25) is 0 Å². The number of carbonyl (C=O) groups is 2. The number of nitrogens with one attached hydrogen (secondary N) is 1. The van der Waals surface area contributed by atoms with Crippen LogP contribution in [-0.4, -0.2) is 21.6 Å². The first-order valence-corrected chi connectivity index (χ1v) is 8.97. The van der Waals surface area contributed by atoms with Crippen molar-refractivity contribution >= 4 is 23.6 Å². The molecule has 0 radical (unpaired) electrons. The lowest BCUT2D eigenvalue weighted by molar-refractivity contribution is -0.111. The lowest BCUT2D eigenvalue weighted by Gasteiger charge is -2.06. The molecule has 0 bridgehead atoms. The fourth-order valence-corrected chi connectivity index (χ4v) is 2.64. The maximum Gasteiger partial charge on any atom is 0.269 e. The molecule has 0 spiro atoms. The van der Waals surface area contributed by atoms with E-state index in [0.717, 1.165) is 11.3 Å². The van der Waals surface area contributed by atoms with Gasteiger partial charge in [0, 0.05) is 18.0 Å². The second-order valence-corrected chi connectivity index (χ2v) is 6.70. The molecular formula is C22H22N4O2. The molecule has 2 aromatic carbocycles. The topological polar surface area (TPSA) is 90.0 Å². The summed E-state index contributed by atoms with van der Waals surface area (Å²) in [5.41, 5.74) is 9.06. The zero-order valence-electron chi connectivity index (χ0n) is 15.8. The highest BCUT2D eigenvalue weighted by Gasteiger charge is 2.06. The number of hydrogen-bond acceptors (Lipinski definition) is 3. The predicted molar refractivity (Wildman–Crippen MR) is 110 cm³/mol. The van der Waals surface area contributed by atoms with Crippen LogP contribution in [0.15, 0.2) is 66.9 Å². The maximum atomic E-state index is 12.1. The average molecular weight is 374 g/mol. The lowest BCUT2D eigenvalue weighted by atomic mass is 10.0. The Bertz CT molecular complexity index is 1000. The number of anilines is 1. The van der Waals surface area contributed by atoms with Crippen LogP contribution in [0.1, 0.15) is 41.4 Å². The highest BCUT2D eigenvalue weighted by Crippen LogP contribution is 2.16. The summed E-state index contributed by atoms with van der Waals surface area (Å²) < 4.78 is 1.55. The van der Waals surface area contributed by atoms with Gasteiger partial charge in [-0.15, -0.1) is 0 Å². The van der Waals surface area contributed by atoms with E-state index in [2.05, 4.69) is 36.4 Å². The van der Waals surface area contributed by atoms with Crippen LogP contribution in [0.5, 0.6) is 0 Å². The minimum Gasteiger partial charge on any atom is -0.364 e. The second kappa shape index (κ2) is 8.35. The van der Waals surface area contributed by atoms with E-state index in [-0.39, 0.29) is 11.6 Å². The summed E-state index contributed by atoms with van der Waals surface area (Å²) in [4.78, 5) is 23.3. The molecule has 0 aliphatic heterocycles. The third-order valence-electron chi connectivity index (χ3n) is 4.27.